The molecule has 33 heavy (non-hydrogen) atoms. The molecule has 3 unspecified atom stereocenters. The Morgan fingerprint density at radius 2 is 2.15 bits per heavy atom. The smallest absolute Gasteiger partial charge is 0.238 e. The summed E-state index contributed by atoms with van der Waals surface area (Å²) in [6, 6.07) is 5.36. The van der Waals surface area contributed by atoms with Crippen LogP contribution >= 0.6 is 11.6 Å². The van der Waals surface area contributed by atoms with Crippen LogP contribution in [-0.4, -0.2) is 40.1 Å². The van der Waals surface area contributed by atoms with Gasteiger partial charge in [-0.2, -0.15) is 0 Å². The van der Waals surface area contributed by atoms with Crippen LogP contribution in [-0.2, 0) is 11.3 Å². The SMILES string of the molecule is COc1c(F)cc(Cl)c2c1cc(C)n2CCNc1cc(C2CCC3NNC(=O)C3C2)ncn1. The number of aromatic nitrogens is 3. The number of anilines is 1. The Bertz CT molecular complexity index is 1220. The normalized spacial score (nSPS) is 22.3. The predicted octanol–water partition coefficient (Wildman–Crippen LogP) is 3.54. The number of carbonyl (C=O) groups is 1. The highest BCUT2D eigenvalue weighted by molar-refractivity contribution is 6.35. The van der Waals surface area contributed by atoms with Gasteiger partial charge in [0, 0.05) is 47.9 Å². The Kier molecular flexibility index (Phi) is 5.84. The maximum absolute atomic E-state index is 14.2. The van der Waals surface area contributed by atoms with Crippen molar-refractivity contribution in [1.29, 1.82) is 0 Å². The standard InChI is InChI=1S/C23H26ClFN6O2/c1-12-7-15-21(16(24)9-17(25)22(15)33-2)31(12)6-5-26-20-10-19(27-11-28-20)13-3-4-18-14(8-13)23(32)30-29-18/h7,9-11,13-14,18,29H,3-6,8H2,1-2H3,(H,30,32)(H,26,27,28). The molecule has 174 valence electrons. The van der Waals surface area contributed by atoms with Gasteiger partial charge in [0.15, 0.2) is 11.6 Å². The van der Waals surface area contributed by atoms with Crippen LogP contribution in [0.15, 0.2) is 24.5 Å². The van der Waals surface area contributed by atoms with Gasteiger partial charge in [0.05, 0.1) is 23.6 Å². The van der Waals surface area contributed by atoms with Crippen molar-refractivity contribution in [1.82, 2.24) is 25.4 Å². The Morgan fingerprint density at radius 1 is 1.30 bits per heavy atom. The van der Waals surface area contributed by atoms with E-state index in [2.05, 4.69) is 26.1 Å². The van der Waals surface area contributed by atoms with Crippen LogP contribution in [0.2, 0.25) is 5.02 Å². The molecule has 0 radical (unpaired) electrons. The Hall–Kier alpha value is -2.91. The number of aryl methyl sites for hydroxylation is 1. The maximum Gasteiger partial charge on any atom is 0.238 e. The number of hydrogen-bond acceptors (Lipinski definition) is 6. The molecule has 1 aliphatic heterocycles. The number of carbonyl (C=O) groups excluding carboxylic acids is 1. The molecule has 2 fully saturated rings. The monoisotopic (exact) mass is 472 g/mol. The van der Waals surface area contributed by atoms with Crippen LogP contribution < -0.4 is 20.9 Å². The fourth-order valence-corrected chi connectivity index (χ4v) is 5.42. The molecule has 8 nitrogen and oxygen atoms in total. The number of rotatable bonds is 6. The second-order valence-electron chi connectivity index (χ2n) is 8.68. The fourth-order valence-electron chi connectivity index (χ4n) is 5.12. The number of nitrogens with one attached hydrogen (secondary N) is 3. The van der Waals surface area contributed by atoms with E-state index >= 15 is 0 Å². The van der Waals surface area contributed by atoms with Crippen molar-refractivity contribution in [2.45, 2.75) is 44.7 Å². The van der Waals surface area contributed by atoms with Crippen molar-refractivity contribution in [2.75, 3.05) is 19.0 Å². The lowest BCUT2D eigenvalue weighted by atomic mass is 9.77. The maximum atomic E-state index is 14.2. The molecule has 1 aliphatic carbocycles. The molecule has 0 bridgehead atoms. The fraction of sp³-hybridized carbons (Fsp3) is 0.435. The molecular weight excluding hydrogens is 447 g/mol. The second kappa shape index (κ2) is 8.79. The number of halogens is 2. The molecule has 1 saturated carbocycles. The van der Waals surface area contributed by atoms with Crippen LogP contribution in [0, 0.1) is 18.7 Å². The van der Waals surface area contributed by atoms with Gasteiger partial charge in [-0.25, -0.2) is 19.8 Å². The largest absolute Gasteiger partial charge is 0.493 e. The van der Waals surface area contributed by atoms with E-state index in [9.17, 15) is 9.18 Å². The average molecular weight is 473 g/mol. The van der Waals surface area contributed by atoms with E-state index in [1.807, 2.05) is 23.6 Å². The summed E-state index contributed by atoms with van der Waals surface area (Å²) in [5.74, 6) is 0.759. The third-order valence-electron chi connectivity index (χ3n) is 6.77. The Balaban J connectivity index is 1.29. The number of benzene rings is 1. The topological polar surface area (TPSA) is 93.1 Å². The molecule has 3 heterocycles. The van der Waals surface area contributed by atoms with E-state index in [0.29, 0.717) is 23.5 Å². The third-order valence-corrected chi connectivity index (χ3v) is 7.05. The highest BCUT2D eigenvalue weighted by atomic mass is 35.5. The minimum absolute atomic E-state index is 0.00769. The van der Waals surface area contributed by atoms with Gasteiger partial charge in [-0.1, -0.05) is 11.6 Å². The van der Waals surface area contributed by atoms with Crippen molar-refractivity contribution in [3.63, 3.8) is 0 Å². The molecule has 5 rings (SSSR count). The molecule has 3 atom stereocenters. The van der Waals surface area contributed by atoms with Crippen molar-refractivity contribution >= 4 is 34.2 Å². The van der Waals surface area contributed by atoms with Crippen molar-refractivity contribution in [3.05, 3.63) is 46.8 Å². The van der Waals surface area contributed by atoms with Gasteiger partial charge in [-0.15, -0.1) is 0 Å². The molecule has 0 spiro atoms. The minimum Gasteiger partial charge on any atom is -0.493 e. The molecule has 3 aromatic rings. The first-order chi connectivity index (χ1) is 16.0. The first kappa shape index (κ1) is 21.9. The van der Waals surface area contributed by atoms with E-state index < -0.39 is 5.82 Å². The third kappa shape index (κ3) is 4.00. The van der Waals surface area contributed by atoms with Crippen LogP contribution in [0.5, 0.6) is 5.75 Å². The van der Waals surface area contributed by atoms with Crippen molar-refractivity contribution in [3.8, 4) is 5.75 Å². The minimum atomic E-state index is -0.473. The van der Waals surface area contributed by atoms with Crippen LogP contribution in [0.25, 0.3) is 10.9 Å². The van der Waals surface area contributed by atoms with E-state index in [-0.39, 0.29) is 29.5 Å². The highest BCUT2D eigenvalue weighted by Gasteiger charge is 2.40. The van der Waals surface area contributed by atoms with Crippen molar-refractivity contribution in [2.24, 2.45) is 5.92 Å². The summed E-state index contributed by atoms with van der Waals surface area (Å²) < 4.78 is 21.5. The van der Waals surface area contributed by atoms with E-state index in [0.717, 1.165) is 42.0 Å². The van der Waals surface area contributed by atoms with Gasteiger partial charge in [-0.05, 0) is 38.3 Å². The van der Waals surface area contributed by atoms with E-state index in [1.165, 1.54) is 13.2 Å². The van der Waals surface area contributed by atoms with E-state index in [4.69, 9.17) is 16.3 Å². The summed E-state index contributed by atoms with van der Waals surface area (Å²) in [6.07, 6.45) is 4.26. The molecule has 1 aromatic carbocycles. The number of hydrazine groups is 1. The van der Waals surface area contributed by atoms with E-state index in [1.54, 1.807) is 6.33 Å². The summed E-state index contributed by atoms with van der Waals surface area (Å²) in [4.78, 5) is 20.9. The lowest BCUT2D eigenvalue weighted by Crippen LogP contribution is -2.34. The number of methoxy groups -OCH3 is 1. The molecule has 1 amide bonds. The van der Waals surface area contributed by atoms with Crippen molar-refractivity contribution < 1.29 is 13.9 Å². The lowest BCUT2D eigenvalue weighted by Gasteiger charge is -2.29. The Labute approximate surface area is 195 Å². The first-order valence-corrected chi connectivity index (χ1v) is 11.5. The summed E-state index contributed by atoms with van der Waals surface area (Å²) in [6.45, 7) is 3.17. The van der Waals surface area contributed by atoms with Gasteiger partial charge >= 0.3 is 0 Å². The molecule has 3 N–H and O–H groups in total. The second-order valence-corrected chi connectivity index (χ2v) is 9.09. The molecular formula is C23H26ClFN6O2. The lowest BCUT2D eigenvalue weighted by molar-refractivity contribution is -0.123. The summed E-state index contributed by atoms with van der Waals surface area (Å²) in [5.41, 5.74) is 8.48. The number of nitrogens with zero attached hydrogens (tertiary/aromatic N) is 3. The predicted molar refractivity (Wildman–Crippen MR) is 124 cm³/mol. The molecule has 2 aromatic heterocycles. The van der Waals surface area contributed by atoms with Gasteiger partial charge in [-0.3, -0.25) is 10.2 Å². The van der Waals surface area contributed by atoms with Crippen LogP contribution in [0.3, 0.4) is 0 Å². The molecule has 10 heteroatoms. The zero-order chi connectivity index (χ0) is 23.1. The van der Waals surface area contributed by atoms with Gasteiger partial charge in [0.25, 0.3) is 0 Å². The number of ether oxygens (including phenoxy) is 1. The van der Waals surface area contributed by atoms with Gasteiger partial charge < -0.3 is 14.6 Å². The summed E-state index contributed by atoms with van der Waals surface area (Å²) in [5, 5.41) is 4.36. The van der Waals surface area contributed by atoms with Gasteiger partial charge in [0.2, 0.25) is 5.91 Å². The average Bonchev–Trinajstić information content (AvgIpc) is 3.34. The van der Waals surface area contributed by atoms with Gasteiger partial charge in [0.1, 0.15) is 12.1 Å². The number of fused-ring (bicyclic) bond motifs is 2. The zero-order valence-electron chi connectivity index (χ0n) is 18.5. The number of amides is 1. The quantitative estimate of drug-likeness (QED) is 0.508. The van der Waals surface area contributed by atoms with Crippen LogP contribution in [0.4, 0.5) is 10.2 Å². The first-order valence-electron chi connectivity index (χ1n) is 11.1. The highest BCUT2D eigenvalue weighted by Crippen LogP contribution is 2.38. The zero-order valence-corrected chi connectivity index (χ0v) is 19.2. The summed E-state index contributed by atoms with van der Waals surface area (Å²) in [7, 11) is 1.45. The molecule has 1 saturated heterocycles. The number of hydrogen-bond donors (Lipinski definition) is 3. The Morgan fingerprint density at radius 3 is 2.97 bits per heavy atom. The summed E-state index contributed by atoms with van der Waals surface area (Å²) >= 11 is 6.37. The van der Waals surface area contributed by atoms with Crippen LogP contribution in [0.1, 0.15) is 36.6 Å². The molecule has 2 aliphatic rings.